The third-order valence-electron chi connectivity index (χ3n) is 1.82. The molecule has 0 aliphatic carbocycles. The molecule has 0 aromatic carbocycles. The second kappa shape index (κ2) is 5.44. The number of nitrogens with two attached hydrogens (primary N) is 1. The lowest BCUT2D eigenvalue weighted by molar-refractivity contribution is -0.138. The molecule has 1 aromatic rings. The molecular formula is C8H13F3N4S. The first-order chi connectivity index (χ1) is 7.49. The molecule has 16 heavy (non-hydrogen) atoms. The van der Waals surface area contributed by atoms with Crippen LogP contribution >= 0.6 is 11.3 Å². The smallest absolute Gasteiger partial charge is 0.345 e. The van der Waals surface area contributed by atoms with Gasteiger partial charge in [0.25, 0.3) is 0 Å². The monoisotopic (exact) mass is 254 g/mol. The summed E-state index contributed by atoms with van der Waals surface area (Å²) >= 11 is 0.551. The van der Waals surface area contributed by atoms with Crippen LogP contribution in [0.15, 0.2) is 0 Å². The Morgan fingerprint density at radius 2 is 2.00 bits per heavy atom. The molecule has 0 spiro atoms. The Morgan fingerprint density at radius 1 is 1.31 bits per heavy atom. The average molecular weight is 254 g/mol. The molecule has 0 unspecified atom stereocenters. The van der Waals surface area contributed by atoms with E-state index in [1.165, 1.54) is 0 Å². The van der Waals surface area contributed by atoms with Gasteiger partial charge < -0.3 is 10.6 Å². The highest BCUT2D eigenvalue weighted by atomic mass is 32.1. The van der Waals surface area contributed by atoms with Gasteiger partial charge in [-0.15, -0.1) is 10.2 Å². The highest BCUT2D eigenvalue weighted by Gasteiger charge is 2.36. The zero-order valence-corrected chi connectivity index (χ0v) is 9.61. The van der Waals surface area contributed by atoms with E-state index in [9.17, 15) is 13.2 Å². The maximum absolute atomic E-state index is 12.3. The van der Waals surface area contributed by atoms with Crippen molar-refractivity contribution in [2.24, 2.45) is 5.73 Å². The number of halogens is 3. The van der Waals surface area contributed by atoms with Crippen molar-refractivity contribution in [3.05, 3.63) is 5.01 Å². The van der Waals surface area contributed by atoms with Gasteiger partial charge in [0, 0.05) is 19.6 Å². The summed E-state index contributed by atoms with van der Waals surface area (Å²) in [5.41, 5.74) is 5.38. The second-order valence-electron chi connectivity index (χ2n) is 3.16. The van der Waals surface area contributed by atoms with E-state index < -0.39 is 11.2 Å². The lowest BCUT2D eigenvalue weighted by Gasteiger charge is -2.19. The van der Waals surface area contributed by atoms with E-state index in [4.69, 9.17) is 5.73 Å². The van der Waals surface area contributed by atoms with E-state index in [-0.39, 0.29) is 5.13 Å². The highest BCUT2D eigenvalue weighted by molar-refractivity contribution is 7.15. The van der Waals surface area contributed by atoms with Crippen molar-refractivity contribution in [1.82, 2.24) is 10.2 Å². The molecule has 0 aliphatic heterocycles. The maximum atomic E-state index is 12.3. The minimum atomic E-state index is -4.42. The van der Waals surface area contributed by atoms with Crippen molar-refractivity contribution in [2.45, 2.75) is 19.5 Å². The summed E-state index contributed by atoms with van der Waals surface area (Å²) in [7, 11) is 0. The Labute approximate surface area is 95.3 Å². The second-order valence-corrected chi connectivity index (χ2v) is 4.12. The van der Waals surface area contributed by atoms with E-state index in [2.05, 4.69) is 10.2 Å². The Hall–Kier alpha value is -0.890. The Balaban J connectivity index is 2.81. The maximum Gasteiger partial charge on any atom is 0.445 e. The van der Waals surface area contributed by atoms with Crippen LogP contribution in [0.2, 0.25) is 0 Å². The number of rotatable bonds is 5. The van der Waals surface area contributed by atoms with Crippen LogP contribution in [-0.2, 0) is 6.18 Å². The molecule has 0 saturated heterocycles. The summed E-state index contributed by atoms with van der Waals surface area (Å²) in [5.74, 6) is 0. The van der Waals surface area contributed by atoms with Crippen molar-refractivity contribution >= 4 is 16.5 Å². The molecular weight excluding hydrogens is 241 g/mol. The predicted octanol–water partition coefficient (Wildman–Crippen LogP) is 1.73. The molecule has 0 atom stereocenters. The summed E-state index contributed by atoms with van der Waals surface area (Å²) in [6.45, 7) is 3.43. The minimum Gasteiger partial charge on any atom is -0.345 e. The SMILES string of the molecule is CCCN(CCN)c1nnc(C(F)(F)F)s1. The Kier molecular flexibility index (Phi) is 4.48. The van der Waals surface area contributed by atoms with Crippen LogP contribution < -0.4 is 10.6 Å². The standard InChI is InChI=1S/C8H13F3N4S/c1-2-4-15(5-3-12)7-14-13-6(16-7)8(9,10)11/h2-5,12H2,1H3. The molecule has 0 saturated carbocycles. The Morgan fingerprint density at radius 3 is 2.44 bits per heavy atom. The zero-order valence-electron chi connectivity index (χ0n) is 8.79. The molecule has 1 heterocycles. The molecule has 8 heteroatoms. The molecule has 0 aliphatic rings. The topological polar surface area (TPSA) is 55.0 Å². The summed E-state index contributed by atoms with van der Waals surface area (Å²) < 4.78 is 36.9. The van der Waals surface area contributed by atoms with Crippen LogP contribution in [0.5, 0.6) is 0 Å². The number of anilines is 1. The number of hydrogen-bond donors (Lipinski definition) is 1. The van der Waals surface area contributed by atoms with Gasteiger partial charge in [-0.05, 0) is 6.42 Å². The first-order valence-corrected chi connectivity index (χ1v) is 5.66. The lowest BCUT2D eigenvalue weighted by Crippen LogP contribution is -2.29. The third-order valence-corrected chi connectivity index (χ3v) is 2.85. The molecule has 1 rings (SSSR count). The van der Waals surface area contributed by atoms with Crippen molar-refractivity contribution in [3.63, 3.8) is 0 Å². The number of nitrogens with zero attached hydrogens (tertiary/aromatic N) is 3. The van der Waals surface area contributed by atoms with E-state index >= 15 is 0 Å². The fourth-order valence-electron chi connectivity index (χ4n) is 1.19. The Bertz CT molecular complexity index is 319. The van der Waals surface area contributed by atoms with Crippen molar-refractivity contribution < 1.29 is 13.2 Å². The van der Waals surface area contributed by atoms with Gasteiger partial charge in [-0.25, -0.2) is 0 Å². The zero-order chi connectivity index (χ0) is 12.2. The van der Waals surface area contributed by atoms with Gasteiger partial charge in [-0.2, -0.15) is 13.2 Å². The molecule has 0 radical (unpaired) electrons. The highest BCUT2D eigenvalue weighted by Crippen LogP contribution is 2.34. The fourth-order valence-corrected chi connectivity index (χ4v) is 1.95. The van der Waals surface area contributed by atoms with E-state index in [0.29, 0.717) is 31.0 Å². The molecule has 1 aromatic heterocycles. The van der Waals surface area contributed by atoms with Crippen LogP contribution in [0.25, 0.3) is 0 Å². The first kappa shape index (κ1) is 13.2. The van der Waals surface area contributed by atoms with Crippen molar-refractivity contribution in [3.8, 4) is 0 Å². The first-order valence-electron chi connectivity index (χ1n) is 4.84. The van der Waals surface area contributed by atoms with Gasteiger partial charge in [-0.3, -0.25) is 0 Å². The summed E-state index contributed by atoms with van der Waals surface area (Å²) in [6, 6.07) is 0. The largest absolute Gasteiger partial charge is 0.445 e. The number of alkyl halides is 3. The van der Waals surface area contributed by atoms with Gasteiger partial charge in [0.15, 0.2) is 0 Å². The predicted molar refractivity (Wildman–Crippen MR) is 56.5 cm³/mol. The van der Waals surface area contributed by atoms with E-state index in [1.54, 1.807) is 4.90 Å². The van der Waals surface area contributed by atoms with Gasteiger partial charge in [0.05, 0.1) is 0 Å². The molecule has 92 valence electrons. The fraction of sp³-hybridized carbons (Fsp3) is 0.750. The van der Waals surface area contributed by atoms with E-state index in [0.717, 1.165) is 6.42 Å². The quantitative estimate of drug-likeness (QED) is 0.869. The molecule has 0 bridgehead atoms. The summed E-state index contributed by atoms with van der Waals surface area (Å²) in [4.78, 5) is 1.72. The summed E-state index contributed by atoms with van der Waals surface area (Å²) in [6.07, 6.45) is -3.60. The molecule has 4 nitrogen and oxygen atoms in total. The van der Waals surface area contributed by atoms with Crippen LogP contribution in [0, 0.1) is 0 Å². The van der Waals surface area contributed by atoms with Crippen molar-refractivity contribution in [2.75, 3.05) is 24.5 Å². The van der Waals surface area contributed by atoms with Gasteiger partial charge in [0.2, 0.25) is 10.1 Å². The minimum absolute atomic E-state index is 0.277. The average Bonchev–Trinajstić information content (AvgIpc) is 2.65. The number of aromatic nitrogens is 2. The lowest BCUT2D eigenvalue weighted by atomic mass is 10.4. The third kappa shape index (κ3) is 3.31. The van der Waals surface area contributed by atoms with E-state index in [1.807, 2.05) is 6.92 Å². The van der Waals surface area contributed by atoms with Crippen LogP contribution in [0.4, 0.5) is 18.3 Å². The van der Waals surface area contributed by atoms with Crippen LogP contribution in [0.3, 0.4) is 0 Å². The summed E-state index contributed by atoms with van der Waals surface area (Å²) in [5, 5.41) is 6.03. The molecule has 0 fully saturated rings. The van der Waals surface area contributed by atoms with Crippen LogP contribution in [0.1, 0.15) is 18.4 Å². The van der Waals surface area contributed by atoms with Gasteiger partial charge >= 0.3 is 6.18 Å². The molecule has 2 N–H and O–H groups in total. The number of hydrogen-bond acceptors (Lipinski definition) is 5. The van der Waals surface area contributed by atoms with Gasteiger partial charge in [-0.1, -0.05) is 18.3 Å². The van der Waals surface area contributed by atoms with Gasteiger partial charge in [0.1, 0.15) is 0 Å². The molecule has 0 amide bonds. The van der Waals surface area contributed by atoms with Crippen molar-refractivity contribution in [1.29, 1.82) is 0 Å². The van der Waals surface area contributed by atoms with Crippen LogP contribution in [-0.4, -0.2) is 29.8 Å². The normalized spacial score (nSPS) is 11.8.